The normalized spacial score (nSPS) is 30.5. The van der Waals surface area contributed by atoms with Gasteiger partial charge in [-0.05, 0) is 37.3 Å². The Morgan fingerprint density at radius 2 is 1.86 bits per heavy atom. The molecule has 1 fully saturated rings. The van der Waals surface area contributed by atoms with Crippen LogP contribution in [0.4, 0.5) is 0 Å². The minimum Gasteiger partial charge on any atom is -0.466 e. The highest BCUT2D eigenvalue weighted by Crippen LogP contribution is 2.48. The maximum absolute atomic E-state index is 12.9. The van der Waals surface area contributed by atoms with Crippen molar-refractivity contribution in [1.82, 2.24) is 0 Å². The summed E-state index contributed by atoms with van der Waals surface area (Å²) in [6.07, 6.45) is 4.62. The topological polar surface area (TPSA) is 60.4 Å². The van der Waals surface area contributed by atoms with E-state index in [4.69, 9.17) is 4.74 Å². The number of carbonyl (C=O) groups is 1. The fourth-order valence-corrected chi connectivity index (χ4v) is 5.73. The number of benzene rings is 1. The number of ether oxygens (including phenoxy) is 1. The Hall–Kier alpha value is -1.62. The van der Waals surface area contributed by atoms with Crippen molar-refractivity contribution in [2.24, 2.45) is 17.8 Å². The maximum atomic E-state index is 12.9. The van der Waals surface area contributed by atoms with E-state index in [-0.39, 0.29) is 29.3 Å². The molecule has 1 aromatic rings. The molecule has 112 valence electrons. The van der Waals surface area contributed by atoms with Gasteiger partial charge in [-0.3, -0.25) is 4.79 Å². The first-order chi connectivity index (χ1) is 10.1. The first kappa shape index (κ1) is 14.3. The number of allylic oxidation sites excluding steroid dienone is 2. The van der Waals surface area contributed by atoms with E-state index >= 15 is 0 Å². The molecule has 0 heterocycles. The van der Waals surface area contributed by atoms with Gasteiger partial charge in [0.1, 0.15) is 0 Å². The van der Waals surface area contributed by atoms with Crippen LogP contribution in [-0.2, 0) is 19.4 Å². The van der Waals surface area contributed by atoms with Gasteiger partial charge in [0.05, 0.1) is 22.7 Å². The van der Waals surface area contributed by atoms with Gasteiger partial charge in [0.2, 0.25) is 0 Å². The van der Waals surface area contributed by atoms with Gasteiger partial charge in [0.15, 0.2) is 9.84 Å². The van der Waals surface area contributed by atoms with Gasteiger partial charge in [-0.15, -0.1) is 0 Å². The molecule has 1 saturated carbocycles. The lowest BCUT2D eigenvalue weighted by Gasteiger charge is -2.26. The van der Waals surface area contributed by atoms with Gasteiger partial charge < -0.3 is 4.74 Å². The standard InChI is InChI=1S/C16H18O4S/c1-2-20-16(17)14-11-8-9-12(10-11)15(14)21(18,19)13-6-4-3-5-7-13/h3-9,11-12,14-15H,2,10H2,1H3/t11-,12+,14-,15+/m0/s1. The van der Waals surface area contributed by atoms with Crippen LogP contribution in [0.3, 0.4) is 0 Å². The van der Waals surface area contributed by atoms with Gasteiger partial charge >= 0.3 is 5.97 Å². The molecule has 0 radical (unpaired) electrons. The van der Waals surface area contributed by atoms with Crippen LogP contribution in [0.25, 0.3) is 0 Å². The zero-order valence-corrected chi connectivity index (χ0v) is 12.6. The van der Waals surface area contributed by atoms with Crippen LogP contribution in [0.2, 0.25) is 0 Å². The quantitative estimate of drug-likeness (QED) is 0.632. The van der Waals surface area contributed by atoms with Crippen LogP contribution in [0.1, 0.15) is 13.3 Å². The third-order valence-electron chi connectivity index (χ3n) is 4.38. The summed E-state index contributed by atoms with van der Waals surface area (Å²) in [7, 11) is -3.53. The Labute approximate surface area is 124 Å². The molecule has 2 aliphatic rings. The fourth-order valence-electron chi connectivity index (χ4n) is 3.51. The minimum atomic E-state index is -3.53. The molecule has 5 heteroatoms. The summed E-state index contributed by atoms with van der Waals surface area (Å²) in [5, 5.41) is -0.700. The lowest BCUT2D eigenvalue weighted by atomic mass is 9.93. The van der Waals surface area contributed by atoms with Crippen LogP contribution in [0.5, 0.6) is 0 Å². The second kappa shape index (κ2) is 5.30. The highest BCUT2D eigenvalue weighted by molar-refractivity contribution is 7.92. The van der Waals surface area contributed by atoms with E-state index in [9.17, 15) is 13.2 Å². The molecule has 0 saturated heterocycles. The number of esters is 1. The van der Waals surface area contributed by atoms with Crippen LogP contribution < -0.4 is 0 Å². The number of hydrogen-bond acceptors (Lipinski definition) is 4. The molecule has 4 atom stereocenters. The third kappa shape index (κ3) is 2.29. The summed E-state index contributed by atoms with van der Waals surface area (Å²) < 4.78 is 30.9. The van der Waals surface area contributed by atoms with Gasteiger partial charge in [-0.2, -0.15) is 0 Å². The number of hydrogen-bond donors (Lipinski definition) is 0. The average Bonchev–Trinajstić information content (AvgIpc) is 3.09. The number of sulfone groups is 1. The molecule has 0 spiro atoms. The first-order valence-corrected chi connectivity index (χ1v) is 8.74. The molecule has 3 rings (SSSR count). The Morgan fingerprint density at radius 3 is 2.52 bits per heavy atom. The number of fused-ring (bicyclic) bond motifs is 2. The lowest BCUT2D eigenvalue weighted by molar-refractivity contribution is -0.148. The van der Waals surface area contributed by atoms with Crippen molar-refractivity contribution in [2.45, 2.75) is 23.5 Å². The van der Waals surface area contributed by atoms with E-state index in [0.717, 1.165) is 6.42 Å². The molecule has 1 aromatic carbocycles. The fraction of sp³-hybridized carbons (Fsp3) is 0.438. The zero-order valence-electron chi connectivity index (χ0n) is 11.8. The Morgan fingerprint density at radius 1 is 1.19 bits per heavy atom. The van der Waals surface area contributed by atoms with Crippen LogP contribution in [0.15, 0.2) is 47.4 Å². The van der Waals surface area contributed by atoms with Crippen molar-refractivity contribution in [1.29, 1.82) is 0 Å². The van der Waals surface area contributed by atoms with Crippen molar-refractivity contribution in [3.8, 4) is 0 Å². The smallest absolute Gasteiger partial charge is 0.310 e. The van der Waals surface area contributed by atoms with Crippen molar-refractivity contribution in [3.63, 3.8) is 0 Å². The average molecular weight is 306 g/mol. The molecule has 0 unspecified atom stereocenters. The van der Waals surface area contributed by atoms with Crippen molar-refractivity contribution >= 4 is 15.8 Å². The summed E-state index contributed by atoms with van der Waals surface area (Å²) >= 11 is 0. The van der Waals surface area contributed by atoms with E-state index in [2.05, 4.69) is 0 Å². The van der Waals surface area contributed by atoms with Gasteiger partial charge in [-0.25, -0.2) is 8.42 Å². The SMILES string of the molecule is CCOC(=O)[C@@H]1[C@H](S(=O)(=O)c2ccccc2)[C@@H]2C=C[C@H]1C2. The Balaban J connectivity index is 2.00. The Bertz CT molecular complexity index is 663. The van der Waals surface area contributed by atoms with Gasteiger partial charge in [0.25, 0.3) is 0 Å². The predicted molar refractivity (Wildman–Crippen MR) is 78.3 cm³/mol. The zero-order chi connectivity index (χ0) is 15.0. The molecule has 0 amide bonds. The molecule has 0 aromatic heterocycles. The molecule has 21 heavy (non-hydrogen) atoms. The van der Waals surface area contributed by atoms with E-state index in [0.29, 0.717) is 0 Å². The van der Waals surface area contributed by atoms with Gasteiger partial charge in [0, 0.05) is 0 Å². The van der Waals surface area contributed by atoms with E-state index in [1.807, 2.05) is 12.2 Å². The predicted octanol–water partition coefficient (Wildman–Crippen LogP) is 2.21. The van der Waals surface area contributed by atoms with E-state index in [1.54, 1.807) is 37.3 Å². The lowest BCUT2D eigenvalue weighted by Crippen LogP contribution is -2.39. The van der Waals surface area contributed by atoms with E-state index < -0.39 is 21.0 Å². The monoisotopic (exact) mass is 306 g/mol. The van der Waals surface area contributed by atoms with Crippen LogP contribution in [0, 0.1) is 17.8 Å². The van der Waals surface area contributed by atoms with Crippen molar-refractivity contribution < 1.29 is 17.9 Å². The molecule has 0 aliphatic heterocycles. The van der Waals surface area contributed by atoms with Crippen LogP contribution >= 0.6 is 0 Å². The number of carbonyl (C=O) groups excluding carboxylic acids is 1. The highest BCUT2D eigenvalue weighted by atomic mass is 32.2. The molecule has 2 bridgehead atoms. The molecular formula is C16H18O4S. The maximum Gasteiger partial charge on any atom is 0.310 e. The van der Waals surface area contributed by atoms with Crippen molar-refractivity contribution in [2.75, 3.05) is 6.61 Å². The summed E-state index contributed by atoms with van der Waals surface area (Å²) in [6.45, 7) is 2.01. The Kier molecular flexibility index (Phi) is 3.61. The molecule has 0 N–H and O–H groups in total. The second-order valence-corrected chi connectivity index (χ2v) is 7.65. The summed E-state index contributed by atoms with van der Waals surface area (Å²) in [5.74, 6) is -1.07. The van der Waals surface area contributed by atoms with Crippen molar-refractivity contribution in [3.05, 3.63) is 42.5 Å². The van der Waals surface area contributed by atoms with Gasteiger partial charge in [-0.1, -0.05) is 30.4 Å². The van der Waals surface area contributed by atoms with E-state index in [1.165, 1.54) is 0 Å². The molecular weight excluding hydrogens is 288 g/mol. The summed E-state index contributed by atoms with van der Waals surface area (Å²) in [4.78, 5) is 12.5. The largest absolute Gasteiger partial charge is 0.466 e. The second-order valence-electron chi connectivity index (χ2n) is 5.55. The third-order valence-corrected chi connectivity index (χ3v) is 6.66. The highest BCUT2D eigenvalue weighted by Gasteiger charge is 2.54. The number of rotatable bonds is 4. The first-order valence-electron chi connectivity index (χ1n) is 7.19. The summed E-state index contributed by atoms with van der Waals surface area (Å²) in [6, 6.07) is 8.37. The summed E-state index contributed by atoms with van der Waals surface area (Å²) in [5.41, 5.74) is 0. The molecule has 4 nitrogen and oxygen atoms in total. The minimum absolute atomic E-state index is 0.0162. The van der Waals surface area contributed by atoms with Crippen LogP contribution in [-0.4, -0.2) is 26.2 Å². The molecule has 2 aliphatic carbocycles.